The number of benzene rings is 2. The van der Waals surface area contributed by atoms with Gasteiger partial charge in [0, 0.05) is 36.7 Å². The van der Waals surface area contributed by atoms with E-state index in [1.54, 1.807) is 12.1 Å². The van der Waals surface area contributed by atoms with E-state index in [9.17, 15) is 9.18 Å². The lowest BCUT2D eigenvalue weighted by molar-refractivity contribution is -0.139. The van der Waals surface area contributed by atoms with E-state index < -0.39 is 0 Å². The molecule has 1 fully saturated rings. The molecule has 1 saturated heterocycles. The van der Waals surface area contributed by atoms with E-state index in [2.05, 4.69) is 11.8 Å². The van der Waals surface area contributed by atoms with Crippen LogP contribution in [-0.4, -0.2) is 47.5 Å². The lowest BCUT2D eigenvalue weighted by Crippen LogP contribution is -2.58. The van der Waals surface area contributed by atoms with Crippen molar-refractivity contribution in [3.8, 4) is 5.75 Å². The van der Waals surface area contributed by atoms with Crippen molar-refractivity contribution < 1.29 is 13.9 Å². The normalized spacial score (nSPS) is 20.2. The smallest absolute Gasteiger partial charge is 0.260 e. The third kappa shape index (κ3) is 5.03. The Bertz CT molecular complexity index is 828. The number of hydrogen-bond donors (Lipinski definition) is 0. The second-order valence-electron chi connectivity index (χ2n) is 7.50. The SMILES string of the molecule is Cc1cc(OCC(=O)N2CC(C)N(Cc3ccc(F)cc3)CC2C)ccc1Cl. The maximum atomic E-state index is 13.1. The minimum absolute atomic E-state index is 0.0100. The van der Waals surface area contributed by atoms with Gasteiger partial charge in [0.25, 0.3) is 5.91 Å². The molecule has 28 heavy (non-hydrogen) atoms. The lowest BCUT2D eigenvalue weighted by atomic mass is 10.1. The van der Waals surface area contributed by atoms with Gasteiger partial charge in [0.2, 0.25) is 0 Å². The van der Waals surface area contributed by atoms with Crippen LogP contribution in [0.25, 0.3) is 0 Å². The molecule has 0 radical (unpaired) electrons. The molecule has 1 amide bonds. The van der Waals surface area contributed by atoms with Gasteiger partial charge in [-0.25, -0.2) is 4.39 Å². The van der Waals surface area contributed by atoms with Crippen LogP contribution in [0.4, 0.5) is 4.39 Å². The van der Waals surface area contributed by atoms with Gasteiger partial charge >= 0.3 is 0 Å². The van der Waals surface area contributed by atoms with Crippen LogP contribution in [0.1, 0.15) is 25.0 Å². The average molecular weight is 405 g/mol. The third-order valence-electron chi connectivity index (χ3n) is 5.23. The van der Waals surface area contributed by atoms with Gasteiger partial charge in [-0.2, -0.15) is 0 Å². The van der Waals surface area contributed by atoms with Crippen LogP contribution in [0, 0.1) is 12.7 Å². The minimum Gasteiger partial charge on any atom is -0.484 e. The summed E-state index contributed by atoms with van der Waals surface area (Å²) in [7, 11) is 0. The second kappa shape index (κ2) is 8.93. The zero-order valence-corrected chi connectivity index (χ0v) is 17.2. The summed E-state index contributed by atoms with van der Waals surface area (Å²) in [6.45, 7) is 8.23. The van der Waals surface area contributed by atoms with Crippen molar-refractivity contribution in [1.29, 1.82) is 0 Å². The Kier molecular flexibility index (Phi) is 6.57. The molecule has 1 aliphatic rings. The van der Waals surface area contributed by atoms with Crippen molar-refractivity contribution in [3.63, 3.8) is 0 Å². The number of carbonyl (C=O) groups excluding carboxylic acids is 1. The highest BCUT2D eigenvalue weighted by Crippen LogP contribution is 2.22. The zero-order valence-electron chi connectivity index (χ0n) is 16.5. The fraction of sp³-hybridized carbons (Fsp3) is 0.409. The molecule has 0 aliphatic carbocycles. The average Bonchev–Trinajstić information content (AvgIpc) is 2.67. The highest BCUT2D eigenvalue weighted by molar-refractivity contribution is 6.31. The van der Waals surface area contributed by atoms with Crippen molar-refractivity contribution >= 4 is 17.5 Å². The Morgan fingerprint density at radius 2 is 1.86 bits per heavy atom. The molecule has 0 aromatic heterocycles. The summed E-state index contributed by atoms with van der Waals surface area (Å²) >= 11 is 6.03. The molecule has 0 bridgehead atoms. The van der Waals surface area contributed by atoms with Gasteiger partial charge in [-0.3, -0.25) is 9.69 Å². The predicted octanol–water partition coefficient (Wildman–Crippen LogP) is 4.29. The van der Waals surface area contributed by atoms with E-state index in [0.29, 0.717) is 17.3 Å². The van der Waals surface area contributed by atoms with Crippen molar-refractivity contribution in [2.24, 2.45) is 0 Å². The maximum absolute atomic E-state index is 13.1. The van der Waals surface area contributed by atoms with Gasteiger partial charge < -0.3 is 9.64 Å². The Balaban J connectivity index is 1.56. The summed E-state index contributed by atoms with van der Waals surface area (Å²) in [6.07, 6.45) is 0. The number of nitrogens with zero attached hydrogens (tertiary/aromatic N) is 2. The number of ether oxygens (including phenoxy) is 1. The van der Waals surface area contributed by atoms with Crippen LogP contribution < -0.4 is 4.74 Å². The summed E-state index contributed by atoms with van der Waals surface area (Å²) in [5, 5.41) is 0.679. The van der Waals surface area contributed by atoms with Crippen LogP contribution in [-0.2, 0) is 11.3 Å². The summed E-state index contributed by atoms with van der Waals surface area (Å²) < 4.78 is 18.8. The Labute approximate surface area is 170 Å². The number of hydrogen-bond acceptors (Lipinski definition) is 3. The molecular formula is C22H26ClFN2O2. The minimum atomic E-state index is -0.225. The maximum Gasteiger partial charge on any atom is 0.260 e. The number of rotatable bonds is 5. The molecule has 2 atom stereocenters. The highest BCUT2D eigenvalue weighted by Gasteiger charge is 2.32. The van der Waals surface area contributed by atoms with Crippen LogP contribution in [0.5, 0.6) is 5.75 Å². The van der Waals surface area contributed by atoms with Crippen molar-refractivity contribution in [2.45, 2.75) is 39.4 Å². The van der Waals surface area contributed by atoms with Crippen molar-refractivity contribution in [2.75, 3.05) is 19.7 Å². The van der Waals surface area contributed by atoms with Gasteiger partial charge in [-0.05, 0) is 62.2 Å². The standard InChI is InChI=1S/C22H26ClFN2O2/c1-15-10-20(8-9-21(15)23)28-14-22(27)26-12-16(2)25(11-17(26)3)13-18-4-6-19(24)7-5-18/h4-10,16-17H,11-14H2,1-3H3. The number of amides is 1. The first kappa shape index (κ1) is 20.6. The fourth-order valence-corrected chi connectivity index (χ4v) is 3.64. The van der Waals surface area contributed by atoms with Gasteiger partial charge in [0.15, 0.2) is 6.61 Å². The molecule has 2 aromatic carbocycles. The van der Waals surface area contributed by atoms with E-state index in [-0.39, 0.29) is 30.4 Å². The van der Waals surface area contributed by atoms with E-state index in [1.807, 2.05) is 36.9 Å². The van der Waals surface area contributed by atoms with Gasteiger partial charge in [0.05, 0.1) is 0 Å². The van der Waals surface area contributed by atoms with Gasteiger partial charge in [0.1, 0.15) is 11.6 Å². The fourth-order valence-electron chi connectivity index (χ4n) is 3.53. The van der Waals surface area contributed by atoms with E-state index >= 15 is 0 Å². The molecule has 0 saturated carbocycles. The molecule has 6 heteroatoms. The zero-order chi connectivity index (χ0) is 20.3. The topological polar surface area (TPSA) is 32.8 Å². The molecule has 3 rings (SSSR count). The monoisotopic (exact) mass is 404 g/mol. The first-order chi connectivity index (χ1) is 13.3. The molecule has 2 aromatic rings. The van der Waals surface area contributed by atoms with Crippen LogP contribution >= 0.6 is 11.6 Å². The molecule has 0 spiro atoms. The van der Waals surface area contributed by atoms with Gasteiger partial charge in [-0.1, -0.05) is 23.7 Å². The van der Waals surface area contributed by atoms with Crippen LogP contribution in [0.2, 0.25) is 5.02 Å². The van der Waals surface area contributed by atoms with Crippen LogP contribution in [0.3, 0.4) is 0 Å². The number of aryl methyl sites for hydroxylation is 1. The summed E-state index contributed by atoms with van der Waals surface area (Å²) in [6, 6.07) is 12.3. The Morgan fingerprint density at radius 3 is 2.54 bits per heavy atom. The van der Waals surface area contributed by atoms with Crippen LogP contribution in [0.15, 0.2) is 42.5 Å². The molecule has 2 unspecified atom stereocenters. The number of halogens is 2. The van der Waals surface area contributed by atoms with E-state index in [4.69, 9.17) is 16.3 Å². The van der Waals surface area contributed by atoms with Gasteiger partial charge in [-0.15, -0.1) is 0 Å². The van der Waals surface area contributed by atoms with E-state index in [0.717, 1.165) is 24.2 Å². The lowest BCUT2D eigenvalue weighted by Gasteiger charge is -2.44. The van der Waals surface area contributed by atoms with Crippen molar-refractivity contribution in [3.05, 3.63) is 64.4 Å². The number of piperazine rings is 1. The molecule has 1 heterocycles. The summed E-state index contributed by atoms with van der Waals surface area (Å²) in [5.41, 5.74) is 1.99. The molecule has 4 nitrogen and oxygen atoms in total. The first-order valence-corrected chi connectivity index (χ1v) is 9.88. The molecule has 0 N–H and O–H groups in total. The third-order valence-corrected chi connectivity index (χ3v) is 5.65. The van der Waals surface area contributed by atoms with Crippen molar-refractivity contribution in [1.82, 2.24) is 9.80 Å². The molecule has 150 valence electrons. The molecular weight excluding hydrogens is 379 g/mol. The second-order valence-corrected chi connectivity index (χ2v) is 7.91. The Hall–Kier alpha value is -2.11. The predicted molar refractivity (Wildman–Crippen MR) is 109 cm³/mol. The highest BCUT2D eigenvalue weighted by atomic mass is 35.5. The quantitative estimate of drug-likeness (QED) is 0.745. The summed E-state index contributed by atoms with van der Waals surface area (Å²) in [5.74, 6) is 0.399. The summed E-state index contributed by atoms with van der Waals surface area (Å²) in [4.78, 5) is 16.9. The largest absolute Gasteiger partial charge is 0.484 e. The van der Waals surface area contributed by atoms with E-state index in [1.165, 1.54) is 12.1 Å². The number of carbonyl (C=O) groups is 1. The first-order valence-electron chi connectivity index (χ1n) is 9.50. The molecule has 1 aliphatic heterocycles. The Morgan fingerprint density at radius 1 is 1.14 bits per heavy atom.